The number of methoxy groups -OCH3 is 1. The van der Waals surface area contributed by atoms with Crippen LogP contribution >= 0.6 is 11.3 Å². The summed E-state index contributed by atoms with van der Waals surface area (Å²) in [7, 11) is 5.13. The van der Waals surface area contributed by atoms with Crippen LogP contribution in [-0.2, 0) is 20.7 Å². The van der Waals surface area contributed by atoms with Gasteiger partial charge in [-0.3, -0.25) is 9.69 Å². The third kappa shape index (κ3) is 9.92. The molecule has 2 rings (SSSR count). The molecule has 0 bridgehead atoms. The van der Waals surface area contributed by atoms with Crippen molar-refractivity contribution in [2.45, 2.75) is 32.6 Å². The standard InChI is InChI=1S/C25H32FN3O5S/c1-5-33-22(30)11-6-14-27-25-28-23(24(31)32-4)21(35-25)10-8-16-34-20-13-12-18(17-19(20)26)9-7-15-29(2)3/h12-13,17H,5-6,8,10-11,14-16H2,1-4H3,(H,27,28). The number of benzene rings is 1. The second-order valence-electron chi connectivity index (χ2n) is 7.75. The number of nitrogens with zero attached hydrogens (tertiary/aromatic N) is 2. The molecule has 0 saturated carbocycles. The molecule has 35 heavy (non-hydrogen) atoms. The highest BCUT2D eigenvalue weighted by Gasteiger charge is 2.19. The molecule has 1 heterocycles. The van der Waals surface area contributed by atoms with Gasteiger partial charge in [0.25, 0.3) is 0 Å². The van der Waals surface area contributed by atoms with Gasteiger partial charge in [0.1, 0.15) is 0 Å². The maximum Gasteiger partial charge on any atom is 0.357 e. The van der Waals surface area contributed by atoms with Gasteiger partial charge in [-0.1, -0.05) is 11.8 Å². The van der Waals surface area contributed by atoms with Crippen molar-refractivity contribution in [1.29, 1.82) is 0 Å². The Morgan fingerprint density at radius 3 is 2.74 bits per heavy atom. The van der Waals surface area contributed by atoms with Gasteiger partial charge in [0.05, 0.1) is 26.9 Å². The van der Waals surface area contributed by atoms with Crippen LogP contribution in [0.4, 0.5) is 9.52 Å². The van der Waals surface area contributed by atoms with Crippen LogP contribution in [0.5, 0.6) is 5.75 Å². The fourth-order valence-corrected chi connectivity index (χ4v) is 3.94. The Hall–Kier alpha value is -3.16. The van der Waals surface area contributed by atoms with Gasteiger partial charge in [-0.05, 0) is 58.5 Å². The minimum Gasteiger partial charge on any atom is -0.491 e. The van der Waals surface area contributed by atoms with Gasteiger partial charge in [-0.2, -0.15) is 0 Å². The van der Waals surface area contributed by atoms with Crippen molar-refractivity contribution in [3.05, 3.63) is 40.2 Å². The Balaban J connectivity index is 1.87. The van der Waals surface area contributed by atoms with E-state index in [4.69, 9.17) is 14.2 Å². The number of aromatic nitrogens is 1. The predicted molar refractivity (Wildman–Crippen MR) is 133 cm³/mol. The van der Waals surface area contributed by atoms with Crippen LogP contribution in [0.25, 0.3) is 0 Å². The first-order valence-electron chi connectivity index (χ1n) is 11.4. The minimum absolute atomic E-state index is 0.157. The quantitative estimate of drug-likeness (QED) is 0.250. The van der Waals surface area contributed by atoms with Crippen molar-refractivity contribution in [3.8, 4) is 17.6 Å². The number of aryl methyl sites for hydroxylation is 1. The molecule has 0 fully saturated rings. The molecule has 190 valence electrons. The molecule has 1 aromatic carbocycles. The Labute approximate surface area is 209 Å². The molecular weight excluding hydrogens is 473 g/mol. The fourth-order valence-electron chi connectivity index (χ4n) is 2.92. The van der Waals surface area contributed by atoms with E-state index in [9.17, 15) is 14.0 Å². The zero-order valence-corrected chi connectivity index (χ0v) is 21.4. The highest BCUT2D eigenvalue weighted by Crippen LogP contribution is 2.26. The summed E-state index contributed by atoms with van der Waals surface area (Å²) >= 11 is 1.35. The molecule has 1 N–H and O–H groups in total. The van der Waals surface area contributed by atoms with E-state index in [1.807, 2.05) is 19.0 Å². The van der Waals surface area contributed by atoms with E-state index in [0.717, 1.165) is 4.88 Å². The minimum atomic E-state index is -0.520. The summed E-state index contributed by atoms with van der Waals surface area (Å²) < 4.78 is 29.7. The summed E-state index contributed by atoms with van der Waals surface area (Å²) in [4.78, 5) is 30.6. The lowest BCUT2D eigenvalue weighted by Crippen LogP contribution is -2.10. The van der Waals surface area contributed by atoms with E-state index in [2.05, 4.69) is 22.1 Å². The Morgan fingerprint density at radius 1 is 1.26 bits per heavy atom. The number of hydrogen-bond acceptors (Lipinski definition) is 9. The normalized spacial score (nSPS) is 10.5. The van der Waals surface area contributed by atoms with Gasteiger partial charge < -0.3 is 19.5 Å². The zero-order chi connectivity index (χ0) is 25.6. The van der Waals surface area contributed by atoms with Gasteiger partial charge in [0.2, 0.25) is 0 Å². The predicted octanol–water partition coefficient (Wildman–Crippen LogP) is 3.75. The molecule has 1 aromatic heterocycles. The third-order valence-corrected chi connectivity index (χ3v) is 5.65. The Morgan fingerprint density at radius 2 is 2.06 bits per heavy atom. The summed E-state index contributed by atoms with van der Waals surface area (Å²) in [5.74, 6) is 4.81. The zero-order valence-electron chi connectivity index (χ0n) is 20.6. The molecule has 0 spiro atoms. The van der Waals surface area contributed by atoms with Crippen LogP contribution < -0.4 is 10.1 Å². The lowest BCUT2D eigenvalue weighted by molar-refractivity contribution is -0.143. The van der Waals surface area contributed by atoms with Crippen LogP contribution in [0.15, 0.2) is 18.2 Å². The number of esters is 2. The molecule has 0 aliphatic rings. The number of ether oxygens (including phenoxy) is 3. The van der Waals surface area contributed by atoms with Gasteiger partial charge >= 0.3 is 11.9 Å². The Bertz CT molecular complexity index is 1050. The maximum absolute atomic E-state index is 14.3. The maximum atomic E-state index is 14.3. The first-order chi connectivity index (χ1) is 16.8. The number of carbonyl (C=O) groups is 2. The average molecular weight is 506 g/mol. The van der Waals surface area contributed by atoms with E-state index >= 15 is 0 Å². The first kappa shape index (κ1) is 28.1. The summed E-state index contributed by atoms with van der Waals surface area (Å²) in [5.41, 5.74) is 0.837. The Kier molecular flexibility index (Phi) is 12.0. The number of carbonyl (C=O) groups excluding carboxylic acids is 2. The van der Waals surface area contributed by atoms with Gasteiger partial charge in [0, 0.05) is 23.4 Å². The molecule has 0 unspecified atom stereocenters. The fraction of sp³-hybridized carbons (Fsp3) is 0.480. The molecule has 0 amide bonds. The smallest absolute Gasteiger partial charge is 0.357 e. The molecule has 0 aliphatic heterocycles. The van der Waals surface area contributed by atoms with Crippen LogP contribution in [0.1, 0.15) is 47.1 Å². The highest BCUT2D eigenvalue weighted by atomic mass is 32.1. The number of halogens is 1. The lowest BCUT2D eigenvalue weighted by Gasteiger charge is -2.07. The van der Waals surface area contributed by atoms with E-state index in [1.54, 1.807) is 19.1 Å². The molecular formula is C25H32FN3O5S. The van der Waals surface area contributed by atoms with Crippen molar-refractivity contribution in [2.75, 3.05) is 52.8 Å². The third-order valence-electron chi connectivity index (χ3n) is 4.58. The van der Waals surface area contributed by atoms with Crippen LogP contribution in [-0.4, -0.2) is 69.3 Å². The highest BCUT2D eigenvalue weighted by molar-refractivity contribution is 7.15. The first-order valence-corrected chi connectivity index (χ1v) is 12.2. The van der Waals surface area contributed by atoms with Crippen molar-refractivity contribution in [3.63, 3.8) is 0 Å². The summed E-state index contributed by atoms with van der Waals surface area (Å²) in [6.07, 6.45) is 1.96. The average Bonchev–Trinajstić information content (AvgIpc) is 3.23. The van der Waals surface area contributed by atoms with Gasteiger partial charge in [-0.25, -0.2) is 14.2 Å². The van der Waals surface area contributed by atoms with E-state index < -0.39 is 11.8 Å². The summed E-state index contributed by atoms with van der Waals surface area (Å²) in [6.45, 7) is 3.50. The van der Waals surface area contributed by atoms with E-state index in [0.29, 0.717) is 56.1 Å². The van der Waals surface area contributed by atoms with Crippen LogP contribution in [0, 0.1) is 17.7 Å². The van der Waals surface area contributed by atoms with Crippen molar-refractivity contribution < 1.29 is 28.2 Å². The number of anilines is 1. The molecule has 0 saturated heterocycles. The largest absolute Gasteiger partial charge is 0.491 e. The van der Waals surface area contributed by atoms with E-state index in [1.165, 1.54) is 24.5 Å². The molecule has 8 nitrogen and oxygen atoms in total. The van der Waals surface area contributed by atoms with Gasteiger partial charge in [0.15, 0.2) is 22.4 Å². The van der Waals surface area contributed by atoms with Gasteiger partial charge in [-0.15, -0.1) is 11.3 Å². The number of hydrogen-bond donors (Lipinski definition) is 1. The molecule has 0 aliphatic carbocycles. The molecule has 0 radical (unpaired) electrons. The second kappa shape index (κ2) is 15.0. The van der Waals surface area contributed by atoms with E-state index in [-0.39, 0.29) is 24.0 Å². The monoisotopic (exact) mass is 505 g/mol. The molecule has 2 aromatic rings. The number of rotatable bonds is 13. The van der Waals surface area contributed by atoms with Crippen molar-refractivity contribution in [1.82, 2.24) is 9.88 Å². The molecule has 10 heteroatoms. The number of thiazole rings is 1. The van der Waals surface area contributed by atoms with Crippen molar-refractivity contribution in [2.24, 2.45) is 0 Å². The number of nitrogens with one attached hydrogen (secondary N) is 1. The van der Waals surface area contributed by atoms with Crippen LogP contribution in [0.2, 0.25) is 0 Å². The SMILES string of the molecule is CCOC(=O)CCCNc1nc(C(=O)OC)c(CCCOc2ccc(C#CCN(C)C)cc2F)s1. The molecule has 0 atom stereocenters. The second-order valence-corrected chi connectivity index (χ2v) is 8.84. The summed E-state index contributed by atoms with van der Waals surface area (Å²) in [6, 6.07) is 4.65. The lowest BCUT2D eigenvalue weighted by atomic mass is 10.2. The van der Waals surface area contributed by atoms with Crippen LogP contribution in [0.3, 0.4) is 0 Å². The summed E-state index contributed by atoms with van der Waals surface area (Å²) in [5, 5.41) is 3.70. The topological polar surface area (TPSA) is 90.0 Å². The van der Waals surface area contributed by atoms with Crippen molar-refractivity contribution >= 4 is 28.4 Å².